The van der Waals surface area contributed by atoms with Crippen molar-refractivity contribution in [2.75, 3.05) is 7.11 Å². The maximum atomic E-state index is 12.8. The third kappa shape index (κ3) is 4.33. The molecule has 2 aromatic rings. The molecule has 0 aliphatic carbocycles. The molecule has 3 rings (SSSR count). The molecule has 2 N–H and O–H groups in total. The van der Waals surface area contributed by atoms with E-state index in [-0.39, 0.29) is 35.1 Å². The van der Waals surface area contributed by atoms with Crippen LogP contribution in [0, 0.1) is 5.41 Å². The predicted molar refractivity (Wildman–Crippen MR) is 105 cm³/mol. The molecule has 1 fully saturated rings. The van der Waals surface area contributed by atoms with Crippen molar-refractivity contribution < 1.29 is 14.3 Å². The average Bonchev–Trinajstić information content (AvgIpc) is 2.59. The molecule has 1 aliphatic heterocycles. The van der Waals surface area contributed by atoms with Gasteiger partial charge in [0.1, 0.15) is 5.75 Å². The number of aromatic nitrogens is 1. The third-order valence-corrected chi connectivity index (χ3v) is 5.13. The molecule has 0 saturated carbocycles. The van der Waals surface area contributed by atoms with Crippen LogP contribution < -0.4 is 15.6 Å². The van der Waals surface area contributed by atoms with Crippen molar-refractivity contribution in [2.45, 2.75) is 58.8 Å². The van der Waals surface area contributed by atoms with Crippen LogP contribution >= 0.6 is 0 Å². The van der Waals surface area contributed by atoms with Crippen molar-refractivity contribution in [3.63, 3.8) is 0 Å². The number of pyridine rings is 1. The number of ether oxygens (including phenoxy) is 2. The predicted octanol–water partition coefficient (Wildman–Crippen LogP) is 3.31. The quantitative estimate of drug-likeness (QED) is 0.866. The monoisotopic (exact) mass is 372 g/mol. The van der Waals surface area contributed by atoms with Gasteiger partial charge in [-0.3, -0.25) is 9.59 Å². The Hall–Kier alpha value is -2.34. The fourth-order valence-corrected chi connectivity index (χ4v) is 3.65. The standard InChI is InChI=1S/C21H28N2O4/c1-12(24)22-14-9-18(27-19(10-14)21(2,3)4)16-8-13-6-7-15(26-5)11-17(13)23-20(16)25/h6-8,11,14,18-19H,9-10H2,1-5H3,(H,22,24)(H,23,25)/t14-,18-,19+/m0/s1. The van der Waals surface area contributed by atoms with Crippen LogP contribution in [0.3, 0.4) is 0 Å². The zero-order valence-electron chi connectivity index (χ0n) is 16.6. The summed E-state index contributed by atoms with van der Waals surface area (Å²) in [5.41, 5.74) is 1.06. The molecular formula is C21H28N2O4. The Morgan fingerprint density at radius 1 is 1.26 bits per heavy atom. The first kappa shape index (κ1) is 19.4. The van der Waals surface area contributed by atoms with Crippen LogP contribution in [0.2, 0.25) is 0 Å². The van der Waals surface area contributed by atoms with Gasteiger partial charge in [0, 0.05) is 24.6 Å². The number of hydrogen-bond acceptors (Lipinski definition) is 4. The zero-order chi connectivity index (χ0) is 19.8. The van der Waals surface area contributed by atoms with Gasteiger partial charge in [-0.2, -0.15) is 0 Å². The fourth-order valence-electron chi connectivity index (χ4n) is 3.65. The number of hydrogen-bond donors (Lipinski definition) is 2. The minimum atomic E-state index is -0.366. The number of nitrogens with one attached hydrogen (secondary N) is 2. The molecule has 3 atom stereocenters. The molecule has 1 saturated heterocycles. The Bertz CT molecular complexity index is 897. The van der Waals surface area contributed by atoms with Crippen LogP contribution in [0.4, 0.5) is 0 Å². The van der Waals surface area contributed by atoms with E-state index in [1.807, 2.05) is 18.2 Å². The molecule has 27 heavy (non-hydrogen) atoms. The van der Waals surface area contributed by atoms with E-state index in [2.05, 4.69) is 31.1 Å². The summed E-state index contributed by atoms with van der Waals surface area (Å²) in [6, 6.07) is 7.46. The van der Waals surface area contributed by atoms with Crippen molar-refractivity contribution in [1.82, 2.24) is 10.3 Å². The number of rotatable bonds is 3. The van der Waals surface area contributed by atoms with Crippen molar-refractivity contribution in [2.24, 2.45) is 5.41 Å². The van der Waals surface area contributed by atoms with Crippen LogP contribution in [0.5, 0.6) is 5.75 Å². The Labute approximate surface area is 159 Å². The number of H-pyrrole nitrogens is 1. The van der Waals surface area contributed by atoms with E-state index in [0.29, 0.717) is 17.7 Å². The molecule has 1 aromatic heterocycles. The van der Waals surface area contributed by atoms with Crippen LogP contribution in [-0.2, 0) is 9.53 Å². The lowest BCUT2D eigenvalue weighted by Gasteiger charge is -2.41. The largest absolute Gasteiger partial charge is 0.497 e. The van der Waals surface area contributed by atoms with Crippen LogP contribution in [0.25, 0.3) is 10.9 Å². The third-order valence-electron chi connectivity index (χ3n) is 5.13. The highest BCUT2D eigenvalue weighted by molar-refractivity contribution is 5.80. The summed E-state index contributed by atoms with van der Waals surface area (Å²) in [4.78, 5) is 27.3. The number of carbonyl (C=O) groups excluding carboxylic acids is 1. The molecule has 2 heterocycles. The second-order valence-electron chi connectivity index (χ2n) is 8.36. The van der Waals surface area contributed by atoms with E-state index in [1.54, 1.807) is 13.2 Å². The summed E-state index contributed by atoms with van der Waals surface area (Å²) in [6.45, 7) is 7.86. The maximum absolute atomic E-state index is 12.8. The van der Waals surface area contributed by atoms with Crippen LogP contribution in [-0.4, -0.2) is 30.1 Å². The molecule has 0 bridgehead atoms. The van der Waals surface area contributed by atoms with Crippen LogP contribution in [0.1, 0.15) is 52.2 Å². The highest BCUT2D eigenvalue weighted by Gasteiger charge is 2.37. The maximum Gasteiger partial charge on any atom is 0.254 e. The summed E-state index contributed by atoms with van der Waals surface area (Å²) in [5, 5.41) is 3.93. The smallest absolute Gasteiger partial charge is 0.254 e. The molecule has 6 nitrogen and oxygen atoms in total. The van der Waals surface area contributed by atoms with Gasteiger partial charge in [0.2, 0.25) is 5.91 Å². The number of amides is 1. The van der Waals surface area contributed by atoms with Gasteiger partial charge >= 0.3 is 0 Å². The highest BCUT2D eigenvalue weighted by atomic mass is 16.5. The fraction of sp³-hybridized carbons (Fsp3) is 0.524. The first-order valence-electron chi connectivity index (χ1n) is 9.31. The number of fused-ring (bicyclic) bond motifs is 1. The lowest BCUT2D eigenvalue weighted by Crippen LogP contribution is -2.46. The molecule has 0 unspecified atom stereocenters. The van der Waals surface area contributed by atoms with E-state index in [1.165, 1.54) is 6.92 Å². The molecule has 1 aliphatic rings. The van der Waals surface area contributed by atoms with Gasteiger partial charge < -0.3 is 19.8 Å². The molecular weight excluding hydrogens is 344 g/mol. The summed E-state index contributed by atoms with van der Waals surface area (Å²) >= 11 is 0. The molecule has 146 valence electrons. The number of aromatic amines is 1. The molecule has 1 aromatic carbocycles. The summed E-state index contributed by atoms with van der Waals surface area (Å²) in [5.74, 6) is 0.631. The van der Waals surface area contributed by atoms with Gasteiger partial charge in [-0.25, -0.2) is 0 Å². The highest BCUT2D eigenvalue weighted by Crippen LogP contribution is 2.38. The minimum absolute atomic E-state index is 0.0172. The van der Waals surface area contributed by atoms with E-state index in [4.69, 9.17) is 9.47 Å². The minimum Gasteiger partial charge on any atom is -0.497 e. The lowest BCUT2D eigenvalue weighted by molar-refractivity contribution is -0.127. The van der Waals surface area contributed by atoms with Gasteiger partial charge in [-0.05, 0) is 41.8 Å². The number of methoxy groups -OCH3 is 1. The second-order valence-corrected chi connectivity index (χ2v) is 8.36. The first-order valence-corrected chi connectivity index (χ1v) is 9.31. The first-order chi connectivity index (χ1) is 12.7. The normalized spacial score (nSPS) is 23.2. The summed E-state index contributed by atoms with van der Waals surface area (Å²) in [7, 11) is 1.60. The number of carbonyl (C=O) groups is 1. The summed E-state index contributed by atoms with van der Waals surface area (Å²) < 4.78 is 11.6. The van der Waals surface area contributed by atoms with Gasteiger partial charge in [-0.15, -0.1) is 0 Å². The average molecular weight is 372 g/mol. The van der Waals surface area contributed by atoms with Crippen molar-refractivity contribution in [3.05, 3.63) is 40.2 Å². The molecule has 0 radical (unpaired) electrons. The Balaban J connectivity index is 1.98. The Kier molecular flexibility index (Phi) is 5.29. The zero-order valence-corrected chi connectivity index (χ0v) is 16.6. The van der Waals surface area contributed by atoms with E-state index < -0.39 is 0 Å². The topological polar surface area (TPSA) is 80.4 Å². The summed E-state index contributed by atoms with van der Waals surface area (Å²) in [6.07, 6.45) is 0.897. The number of benzene rings is 1. The van der Waals surface area contributed by atoms with Crippen molar-refractivity contribution >= 4 is 16.8 Å². The molecule has 1 amide bonds. The molecule has 0 spiro atoms. The SMILES string of the molecule is COc1ccc2cc([C@@H]3C[C@H](NC(C)=O)C[C@H](C(C)(C)C)O3)c(=O)[nH]c2c1. The van der Waals surface area contributed by atoms with Gasteiger partial charge in [-0.1, -0.05) is 20.8 Å². The van der Waals surface area contributed by atoms with Gasteiger partial charge in [0.15, 0.2) is 0 Å². The lowest BCUT2D eigenvalue weighted by atomic mass is 9.81. The molecule has 6 heteroatoms. The van der Waals surface area contributed by atoms with Crippen LogP contribution in [0.15, 0.2) is 29.1 Å². The second kappa shape index (κ2) is 7.35. The van der Waals surface area contributed by atoms with E-state index in [9.17, 15) is 9.59 Å². The van der Waals surface area contributed by atoms with Crippen molar-refractivity contribution in [1.29, 1.82) is 0 Å². The van der Waals surface area contributed by atoms with Gasteiger partial charge in [0.25, 0.3) is 5.56 Å². The Morgan fingerprint density at radius 3 is 2.63 bits per heavy atom. The van der Waals surface area contributed by atoms with Gasteiger partial charge in [0.05, 0.1) is 24.8 Å². The Morgan fingerprint density at radius 2 is 2.00 bits per heavy atom. The van der Waals surface area contributed by atoms with Crippen molar-refractivity contribution in [3.8, 4) is 5.75 Å². The van der Waals surface area contributed by atoms with E-state index in [0.717, 1.165) is 17.3 Å². The van der Waals surface area contributed by atoms with E-state index >= 15 is 0 Å².